The molecule has 14 aromatic rings. The molecule has 15 rings (SSSR count). The fraction of sp³-hybridized carbons (Fsp3) is 0.0141. The van der Waals surface area contributed by atoms with Crippen molar-refractivity contribution in [3.8, 4) is 39.1 Å². The second-order valence-electron chi connectivity index (χ2n) is 19.6. The summed E-state index contributed by atoms with van der Waals surface area (Å²) in [5.41, 5.74) is 20.0. The molecule has 0 spiro atoms. The van der Waals surface area contributed by atoms with Crippen LogP contribution in [0.3, 0.4) is 0 Å². The van der Waals surface area contributed by atoms with E-state index in [1.165, 1.54) is 55.2 Å². The van der Waals surface area contributed by atoms with E-state index in [1.807, 2.05) is 0 Å². The predicted octanol–water partition coefficient (Wildman–Crippen LogP) is 19.0. The van der Waals surface area contributed by atoms with E-state index in [0.29, 0.717) is 0 Å². The Hall–Kier alpha value is -9.70. The van der Waals surface area contributed by atoms with Crippen molar-refractivity contribution >= 4 is 71.6 Å². The Morgan fingerprint density at radius 2 is 0.905 bits per heavy atom. The Labute approximate surface area is 429 Å². The van der Waals surface area contributed by atoms with Gasteiger partial charge in [0.15, 0.2) is 5.58 Å². The minimum Gasteiger partial charge on any atom is -0.453 e. The molecular weight excluding hydrogens is 897 g/mol. The Morgan fingerprint density at radius 1 is 0.324 bits per heavy atom. The molecule has 2 aromatic heterocycles. The summed E-state index contributed by atoms with van der Waals surface area (Å²) in [6.45, 7) is 0. The molecule has 1 aliphatic carbocycles. The predicted molar refractivity (Wildman–Crippen MR) is 308 cm³/mol. The van der Waals surface area contributed by atoms with Gasteiger partial charge in [-0.1, -0.05) is 212 Å². The molecule has 0 N–H and O–H groups in total. The highest BCUT2D eigenvalue weighted by molar-refractivity contribution is 6.17. The van der Waals surface area contributed by atoms with Gasteiger partial charge in [-0.05, 0) is 128 Å². The van der Waals surface area contributed by atoms with Crippen LogP contribution in [-0.4, -0.2) is 4.57 Å². The van der Waals surface area contributed by atoms with Crippen LogP contribution in [-0.2, 0) is 5.41 Å². The first kappa shape index (κ1) is 42.0. The van der Waals surface area contributed by atoms with Crippen molar-refractivity contribution in [1.82, 2.24) is 4.57 Å². The van der Waals surface area contributed by atoms with Crippen LogP contribution in [0.25, 0.3) is 93.6 Å². The first-order valence-corrected chi connectivity index (χ1v) is 25.5. The van der Waals surface area contributed by atoms with Gasteiger partial charge < -0.3 is 13.9 Å². The van der Waals surface area contributed by atoms with E-state index in [4.69, 9.17) is 4.42 Å². The maximum atomic E-state index is 7.09. The highest BCUT2D eigenvalue weighted by atomic mass is 16.3. The fourth-order valence-corrected chi connectivity index (χ4v) is 12.4. The summed E-state index contributed by atoms with van der Waals surface area (Å²) in [6.07, 6.45) is 0. The smallest absolute Gasteiger partial charge is 0.159 e. The summed E-state index contributed by atoms with van der Waals surface area (Å²) in [5.74, 6) is 0. The van der Waals surface area contributed by atoms with Crippen LogP contribution in [0, 0.1) is 0 Å². The lowest BCUT2D eigenvalue weighted by atomic mass is 9.67. The first-order chi connectivity index (χ1) is 36.7. The molecule has 0 amide bonds. The van der Waals surface area contributed by atoms with Crippen molar-refractivity contribution in [2.75, 3.05) is 4.90 Å². The number of benzene rings is 12. The molecule has 346 valence electrons. The molecule has 0 radical (unpaired) electrons. The van der Waals surface area contributed by atoms with Gasteiger partial charge in [0.05, 0.1) is 22.1 Å². The van der Waals surface area contributed by atoms with Gasteiger partial charge in [0.25, 0.3) is 0 Å². The number of aromatic nitrogens is 1. The minimum absolute atomic E-state index is 0.500. The quantitative estimate of drug-likeness (QED) is 0.151. The maximum Gasteiger partial charge on any atom is 0.159 e. The molecule has 0 saturated heterocycles. The summed E-state index contributed by atoms with van der Waals surface area (Å²) < 4.78 is 9.47. The molecule has 0 bridgehead atoms. The molecule has 1 aliphatic rings. The lowest BCUT2D eigenvalue weighted by Crippen LogP contribution is -2.28. The van der Waals surface area contributed by atoms with Gasteiger partial charge in [-0.2, -0.15) is 0 Å². The van der Waals surface area contributed by atoms with Crippen molar-refractivity contribution in [2.24, 2.45) is 0 Å². The number of hydrogen-bond donors (Lipinski definition) is 0. The third-order valence-electron chi connectivity index (χ3n) is 15.7. The van der Waals surface area contributed by atoms with Crippen LogP contribution in [0.2, 0.25) is 0 Å². The first-order valence-electron chi connectivity index (χ1n) is 25.5. The maximum absolute atomic E-state index is 7.09. The van der Waals surface area contributed by atoms with Crippen molar-refractivity contribution in [3.63, 3.8) is 0 Å². The minimum atomic E-state index is -0.500. The normalized spacial score (nSPS) is 12.7. The van der Waals surface area contributed by atoms with E-state index in [-0.39, 0.29) is 0 Å². The molecule has 3 nitrogen and oxygen atoms in total. The SMILES string of the molecule is c1ccc(-n2c3ccccc3c3ccc(-c4ccc(N(c5cccc(-c6ccc7c(c6)C(c6ccccc6)(c6ccccc6)c6ccccc6-7)c5)c5cccc6c5oc5c7ccccc7ccc65)cc4)cc32)cc1. The van der Waals surface area contributed by atoms with Crippen molar-refractivity contribution in [3.05, 3.63) is 301 Å². The highest BCUT2D eigenvalue weighted by Crippen LogP contribution is 2.57. The monoisotopic (exact) mass is 942 g/mol. The Morgan fingerprint density at radius 3 is 1.72 bits per heavy atom. The Bertz CT molecular complexity index is 4430. The lowest BCUT2D eigenvalue weighted by molar-refractivity contribution is 0.673. The topological polar surface area (TPSA) is 21.3 Å². The number of hydrogen-bond acceptors (Lipinski definition) is 2. The van der Waals surface area contributed by atoms with Crippen LogP contribution < -0.4 is 4.90 Å². The third kappa shape index (κ3) is 6.33. The summed E-state index contributed by atoms with van der Waals surface area (Å²) in [4.78, 5) is 2.37. The van der Waals surface area contributed by atoms with E-state index in [9.17, 15) is 0 Å². The molecule has 0 fully saturated rings. The standard InChI is InChI=1S/C71H46N2O/c1-4-20-52(21-5-1)71(53-22-6-2-7-23-53)64-31-14-12-28-58(64)59-41-37-50(45-65(59)71)49-19-16-26-56(44-49)72(67-33-17-30-62-63-43-36-48-18-10-11-27-57(48)69(63)74-70(62)67)55-39-34-47(35-40-55)51-38-42-61-60-29-13-15-32-66(60)73(68(61)46-51)54-24-8-3-9-25-54/h1-46H. The molecule has 12 aromatic carbocycles. The van der Waals surface area contributed by atoms with Crippen LogP contribution >= 0.6 is 0 Å². The largest absolute Gasteiger partial charge is 0.453 e. The van der Waals surface area contributed by atoms with Crippen LogP contribution in [0.4, 0.5) is 17.1 Å². The summed E-state index contributed by atoms with van der Waals surface area (Å²) in [6, 6.07) is 102. The van der Waals surface area contributed by atoms with Crippen molar-refractivity contribution < 1.29 is 4.42 Å². The molecule has 0 unspecified atom stereocenters. The third-order valence-corrected chi connectivity index (χ3v) is 15.7. The number of furan rings is 1. The van der Waals surface area contributed by atoms with Gasteiger partial charge in [-0.25, -0.2) is 0 Å². The average Bonchev–Trinajstić information content (AvgIpc) is 4.18. The van der Waals surface area contributed by atoms with Gasteiger partial charge in [-0.15, -0.1) is 0 Å². The van der Waals surface area contributed by atoms with Gasteiger partial charge >= 0.3 is 0 Å². The molecule has 74 heavy (non-hydrogen) atoms. The molecule has 3 heteroatoms. The average molecular weight is 943 g/mol. The summed E-state index contributed by atoms with van der Waals surface area (Å²) in [5, 5.41) is 6.93. The van der Waals surface area contributed by atoms with Crippen molar-refractivity contribution in [2.45, 2.75) is 5.41 Å². The van der Waals surface area contributed by atoms with E-state index >= 15 is 0 Å². The summed E-state index contributed by atoms with van der Waals surface area (Å²) in [7, 11) is 0. The van der Waals surface area contributed by atoms with Gasteiger partial charge in [-0.3, -0.25) is 0 Å². The second-order valence-corrected chi connectivity index (χ2v) is 19.6. The second kappa shape index (κ2) is 16.7. The number of nitrogens with zero attached hydrogens (tertiary/aromatic N) is 2. The van der Waals surface area contributed by atoms with Crippen LogP contribution in [0.5, 0.6) is 0 Å². The number of anilines is 3. The van der Waals surface area contributed by atoms with Gasteiger partial charge in [0.2, 0.25) is 0 Å². The van der Waals surface area contributed by atoms with E-state index in [0.717, 1.165) is 77.7 Å². The Balaban J connectivity index is 0.902. The van der Waals surface area contributed by atoms with E-state index < -0.39 is 5.41 Å². The van der Waals surface area contributed by atoms with Crippen molar-refractivity contribution in [1.29, 1.82) is 0 Å². The summed E-state index contributed by atoms with van der Waals surface area (Å²) >= 11 is 0. The van der Waals surface area contributed by atoms with Gasteiger partial charge in [0, 0.05) is 44.0 Å². The molecule has 0 saturated carbocycles. The highest BCUT2D eigenvalue weighted by Gasteiger charge is 2.46. The number of fused-ring (bicyclic) bond motifs is 11. The zero-order valence-corrected chi connectivity index (χ0v) is 40.4. The van der Waals surface area contributed by atoms with Gasteiger partial charge in [0.1, 0.15) is 5.58 Å². The number of para-hydroxylation sites is 3. The lowest BCUT2D eigenvalue weighted by Gasteiger charge is -2.34. The van der Waals surface area contributed by atoms with E-state index in [1.54, 1.807) is 0 Å². The molecular formula is C71H46N2O. The zero-order chi connectivity index (χ0) is 48.7. The molecule has 0 aliphatic heterocycles. The van der Waals surface area contributed by atoms with E-state index in [2.05, 4.69) is 289 Å². The van der Waals surface area contributed by atoms with Crippen LogP contribution in [0.15, 0.2) is 283 Å². The van der Waals surface area contributed by atoms with Crippen LogP contribution in [0.1, 0.15) is 22.3 Å². The Kier molecular flexibility index (Phi) is 9.48. The molecule has 0 atom stereocenters. The fourth-order valence-electron chi connectivity index (χ4n) is 12.4. The zero-order valence-electron chi connectivity index (χ0n) is 40.4. The number of rotatable bonds is 8. The molecule has 2 heterocycles.